The van der Waals surface area contributed by atoms with E-state index in [1.54, 1.807) is 17.8 Å². The van der Waals surface area contributed by atoms with Gasteiger partial charge in [-0.15, -0.1) is 0 Å². The van der Waals surface area contributed by atoms with E-state index in [9.17, 15) is 10.1 Å². The Kier molecular flexibility index (Phi) is 3.31. The van der Waals surface area contributed by atoms with E-state index in [-0.39, 0.29) is 5.69 Å². The number of aryl methyl sites for hydroxylation is 1. The minimum absolute atomic E-state index is 0.0570. The van der Waals surface area contributed by atoms with Crippen molar-refractivity contribution in [3.63, 3.8) is 0 Å². The molecule has 0 amide bonds. The molecule has 0 spiro atoms. The zero-order valence-corrected chi connectivity index (χ0v) is 12.3. The minimum atomic E-state index is -0.402. The fraction of sp³-hybridized carbons (Fsp3) is 0.231. The van der Waals surface area contributed by atoms with Gasteiger partial charge in [-0.2, -0.15) is 11.8 Å². The smallest absolute Gasteiger partial charge is 0.270 e. The minimum Gasteiger partial charge on any atom is -0.342 e. The molecule has 0 fully saturated rings. The molecule has 20 heavy (non-hydrogen) atoms. The van der Waals surface area contributed by atoms with Crippen LogP contribution in [0.5, 0.6) is 0 Å². The highest BCUT2D eigenvalue weighted by Crippen LogP contribution is 2.32. The first-order chi connectivity index (χ1) is 9.56. The fourth-order valence-corrected chi connectivity index (χ4v) is 3.62. The van der Waals surface area contributed by atoms with Gasteiger partial charge in [0.1, 0.15) is 10.5 Å². The standard InChI is InChI=1S/C13H11N3O2S2/c1-7-2-3-8(16(17)18)4-9(7)12-14-11-6-20-5-10(11)13(19)15-12/h2-4H,5-6H2,1H3,(H,14,15,19). The summed E-state index contributed by atoms with van der Waals surface area (Å²) in [7, 11) is 0. The van der Waals surface area contributed by atoms with Crippen LogP contribution in [0.2, 0.25) is 0 Å². The molecule has 5 nitrogen and oxygen atoms in total. The number of rotatable bonds is 2. The summed E-state index contributed by atoms with van der Waals surface area (Å²) in [4.78, 5) is 18.2. The van der Waals surface area contributed by atoms with Gasteiger partial charge in [-0.25, -0.2) is 4.98 Å². The Morgan fingerprint density at radius 1 is 1.45 bits per heavy atom. The molecular weight excluding hydrogens is 294 g/mol. The molecule has 0 saturated carbocycles. The highest BCUT2D eigenvalue weighted by atomic mass is 32.2. The maximum absolute atomic E-state index is 10.9. The Balaban J connectivity index is 2.19. The van der Waals surface area contributed by atoms with Crippen molar-refractivity contribution in [2.45, 2.75) is 18.4 Å². The van der Waals surface area contributed by atoms with Crippen LogP contribution >= 0.6 is 24.0 Å². The van der Waals surface area contributed by atoms with Gasteiger partial charge in [0.25, 0.3) is 5.69 Å². The number of thioether (sulfide) groups is 1. The van der Waals surface area contributed by atoms with Crippen LogP contribution in [0.25, 0.3) is 11.4 Å². The van der Waals surface area contributed by atoms with Crippen LogP contribution in [0.1, 0.15) is 16.8 Å². The average molecular weight is 305 g/mol. The highest BCUT2D eigenvalue weighted by Gasteiger charge is 2.18. The lowest BCUT2D eigenvalue weighted by atomic mass is 10.1. The topological polar surface area (TPSA) is 71.8 Å². The Bertz CT molecular complexity index is 771. The molecule has 1 aliphatic heterocycles. The van der Waals surface area contributed by atoms with Crippen LogP contribution in [-0.2, 0) is 11.5 Å². The molecule has 7 heteroatoms. The highest BCUT2D eigenvalue weighted by molar-refractivity contribution is 7.98. The first kappa shape index (κ1) is 13.3. The fourth-order valence-electron chi connectivity index (χ4n) is 2.18. The van der Waals surface area contributed by atoms with Crippen LogP contribution in [-0.4, -0.2) is 14.9 Å². The number of nitro groups is 1. The van der Waals surface area contributed by atoms with E-state index in [1.165, 1.54) is 12.1 Å². The van der Waals surface area contributed by atoms with Crippen LogP contribution in [0.4, 0.5) is 5.69 Å². The zero-order valence-electron chi connectivity index (χ0n) is 10.7. The van der Waals surface area contributed by atoms with E-state index in [4.69, 9.17) is 12.2 Å². The van der Waals surface area contributed by atoms with Gasteiger partial charge in [-0.3, -0.25) is 10.1 Å². The van der Waals surface area contributed by atoms with E-state index in [0.717, 1.165) is 33.9 Å². The molecule has 1 aliphatic rings. The van der Waals surface area contributed by atoms with Gasteiger partial charge in [-0.05, 0) is 12.5 Å². The van der Waals surface area contributed by atoms with E-state index in [2.05, 4.69) is 9.97 Å². The largest absolute Gasteiger partial charge is 0.342 e. The molecule has 0 radical (unpaired) electrons. The number of hydrogen-bond acceptors (Lipinski definition) is 5. The summed E-state index contributed by atoms with van der Waals surface area (Å²) < 4.78 is 0.588. The van der Waals surface area contributed by atoms with E-state index in [0.29, 0.717) is 10.5 Å². The van der Waals surface area contributed by atoms with Crippen molar-refractivity contribution in [1.29, 1.82) is 0 Å². The molecule has 3 rings (SSSR count). The van der Waals surface area contributed by atoms with Crippen molar-refractivity contribution < 1.29 is 4.92 Å². The molecule has 0 saturated heterocycles. The second kappa shape index (κ2) is 4.99. The lowest BCUT2D eigenvalue weighted by Gasteiger charge is -2.08. The van der Waals surface area contributed by atoms with Gasteiger partial charge in [0.15, 0.2) is 0 Å². The van der Waals surface area contributed by atoms with Crippen LogP contribution < -0.4 is 0 Å². The van der Waals surface area contributed by atoms with Crippen molar-refractivity contribution in [1.82, 2.24) is 9.97 Å². The first-order valence-corrected chi connectivity index (χ1v) is 7.58. The normalized spacial score (nSPS) is 13.2. The quantitative estimate of drug-likeness (QED) is 0.519. The predicted molar refractivity (Wildman–Crippen MR) is 81.2 cm³/mol. The van der Waals surface area contributed by atoms with Crippen LogP contribution in [0.15, 0.2) is 18.2 Å². The van der Waals surface area contributed by atoms with E-state index in [1.807, 2.05) is 6.92 Å². The average Bonchev–Trinajstić information content (AvgIpc) is 2.87. The summed E-state index contributed by atoms with van der Waals surface area (Å²) in [5.41, 5.74) is 3.87. The SMILES string of the molecule is Cc1ccc([N+](=O)[O-])cc1-c1nc(=S)c2c([nH]1)CSC2. The molecule has 2 aromatic rings. The van der Waals surface area contributed by atoms with Crippen LogP contribution in [0, 0.1) is 21.7 Å². The van der Waals surface area contributed by atoms with Gasteiger partial charge in [0.2, 0.25) is 0 Å². The summed E-state index contributed by atoms with van der Waals surface area (Å²) in [6, 6.07) is 4.77. The number of non-ortho nitro benzene ring substituents is 1. The van der Waals surface area contributed by atoms with E-state index < -0.39 is 4.92 Å². The number of H-pyrrole nitrogens is 1. The monoisotopic (exact) mass is 305 g/mol. The molecular formula is C13H11N3O2S2. The Labute approximate surface area is 124 Å². The molecule has 102 valence electrons. The second-order valence-electron chi connectivity index (χ2n) is 4.60. The first-order valence-electron chi connectivity index (χ1n) is 6.01. The Morgan fingerprint density at radius 3 is 3.00 bits per heavy atom. The van der Waals surface area contributed by atoms with Gasteiger partial charge < -0.3 is 4.98 Å². The number of nitro benzene ring substituents is 1. The molecule has 0 aliphatic carbocycles. The molecule has 2 heterocycles. The lowest BCUT2D eigenvalue weighted by molar-refractivity contribution is -0.384. The third-order valence-electron chi connectivity index (χ3n) is 3.28. The number of nitrogens with one attached hydrogen (secondary N) is 1. The summed E-state index contributed by atoms with van der Waals surface area (Å²) in [6.07, 6.45) is 0. The maximum atomic E-state index is 10.9. The van der Waals surface area contributed by atoms with Crippen molar-refractivity contribution in [3.05, 3.63) is 49.8 Å². The second-order valence-corrected chi connectivity index (χ2v) is 5.97. The van der Waals surface area contributed by atoms with Crippen molar-refractivity contribution in [2.24, 2.45) is 0 Å². The molecule has 0 unspecified atom stereocenters. The zero-order chi connectivity index (χ0) is 14.3. The molecule has 1 N–H and O–H groups in total. The molecule has 1 aromatic heterocycles. The van der Waals surface area contributed by atoms with Crippen LogP contribution in [0.3, 0.4) is 0 Å². The molecule has 1 aromatic carbocycles. The third kappa shape index (κ3) is 2.23. The number of benzene rings is 1. The van der Waals surface area contributed by atoms with Gasteiger partial charge in [0.05, 0.1) is 4.92 Å². The van der Waals surface area contributed by atoms with E-state index >= 15 is 0 Å². The summed E-state index contributed by atoms with van der Waals surface area (Å²) in [6.45, 7) is 1.90. The van der Waals surface area contributed by atoms with Crippen molar-refractivity contribution >= 4 is 29.7 Å². The number of aromatic amines is 1. The molecule has 0 atom stereocenters. The summed E-state index contributed by atoms with van der Waals surface area (Å²) in [5, 5.41) is 10.9. The van der Waals surface area contributed by atoms with Gasteiger partial charge in [-0.1, -0.05) is 18.3 Å². The maximum Gasteiger partial charge on any atom is 0.270 e. The Hall–Kier alpha value is -1.73. The summed E-state index contributed by atoms with van der Waals surface area (Å²) in [5.74, 6) is 2.37. The molecule has 0 bridgehead atoms. The van der Waals surface area contributed by atoms with Gasteiger partial charge in [0, 0.05) is 40.5 Å². The predicted octanol–water partition coefficient (Wildman–Crippen LogP) is 3.77. The third-order valence-corrected chi connectivity index (χ3v) is 4.61. The van der Waals surface area contributed by atoms with Gasteiger partial charge >= 0.3 is 0 Å². The number of hydrogen-bond donors (Lipinski definition) is 1. The lowest BCUT2D eigenvalue weighted by Crippen LogP contribution is -1.99. The number of aromatic nitrogens is 2. The van der Waals surface area contributed by atoms with Crippen molar-refractivity contribution in [2.75, 3.05) is 0 Å². The van der Waals surface area contributed by atoms with Crippen molar-refractivity contribution in [3.8, 4) is 11.4 Å². The summed E-state index contributed by atoms with van der Waals surface area (Å²) >= 11 is 7.10. The Morgan fingerprint density at radius 2 is 2.25 bits per heavy atom. The number of nitrogens with zero attached hydrogens (tertiary/aromatic N) is 2. The number of fused-ring (bicyclic) bond motifs is 1.